The van der Waals surface area contributed by atoms with Gasteiger partial charge in [-0.1, -0.05) is 13.0 Å². The molecule has 1 aromatic carbocycles. The van der Waals surface area contributed by atoms with Crippen LogP contribution in [0, 0.1) is 0 Å². The molecule has 4 heteroatoms. The van der Waals surface area contributed by atoms with Gasteiger partial charge in [-0.3, -0.25) is 0 Å². The molecule has 0 aliphatic carbocycles. The van der Waals surface area contributed by atoms with Crippen molar-refractivity contribution in [1.82, 2.24) is 5.32 Å². The molecule has 1 heterocycles. The molecule has 1 aliphatic heterocycles. The Morgan fingerprint density at radius 2 is 2.00 bits per heavy atom. The van der Waals surface area contributed by atoms with E-state index in [4.69, 9.17) is 14.2 Å². The van der Waals surface area contributed by atoms with Gasteiger partial charge in [-0.25, -0.2) is 0 Å². The smallest absolute Gasteiger partial charge is 0.161 e. The lowest BCUT2D eigenvalue weighted by Crippen LogP contribution is -2.22. The van der Waals surface area contributed by atoms with Crippen molar-refractivity contribution in [2.45, 2.75) is 32.7 Å². The molecule has 4 nitrogen and oxygen atoms in total. The van der Waals surface area contributed by atoms with E-state index in [1.165, 1.54) is 5.56 Å². The summed E-state index contributed by atoms with van der Waals surface area (Å²) in [5.41, 5.74) is 1.26. The molecule has 1 atom stereocenters. The molecule has 0 fully saturated rings. The van der Waals surface area contributed by atoms with Gasteiger partial charge in [-0.2, -0.15) is 0 Å². The third kappa shape index (κ3) is 4.12. The Kier molecular flexibility index (Phi) is 6.15. The second-order valence-electron chi connectivity index (χ2n) is 4.85. The van der Waals surface area contributed by atoms with E-state index < -0.39 is 0 Å². The number of fused-ring (bicyclic) bond motifs is 1. The maximum Gasteiger partial charge on any atom is 0.161 e. The average molecular weight is 279 g/mol. The number of nitrogens with one attached hydrogen (secondary N) is 1. The van der Waals surface area contributed by atoms with Crippen LogP contribution in [0.1, 0.15) is 38.3 Å². The quantitative estimate of drug-likeness (QED) is 0.743. The molecule has 0 saturated carbocycles. The zero-order valence-corrected chi connectivity index (χ0v) is 12.5. The first kappa shape index (κ1) is 15.1. The van der Waals surface area contributed by atoms with E-state index in [2.05, 4.69) is 24.4 Å². The summed E-state index contributed by atoms with van der Waals surface area (Å²) in [6.07, 6.45) is 2.12. The summed E-state index contributed by atoms with van der Waals surface area (Å²) in [6.45, 7) is 7.99. The summed E-state index contributed by atoms with van der Waals surface area (Å²) >= 11 is 0. The molecule has 112 valence electrons. The maximum absolute atomic E-state index is 5.66. The Hall–Kier alpha value is -1.26. The lowest BCUT2D eigenvalue weighted by Gasteiger charge is -2.22. The van der Waals surface area contributed by atoms with E-state index in [1.807, 2.05) is 13.0 Å². The van der Waals surface area contributed by atoms with Crippen molar-refractivity contribution in [2.24, 2.45) is 0 Å². The fourth-order valence-corrected chi connectivity index (χ4v) is 2.44. The largest absolute Gasteiger partial charge is 0.486 e. The van der Waals surface area contributed by atoms with Crippen molar-refractivity contribution >= 4 is 0 Å². The molecule has 1 unspecified atom stereocenters. The molecule has 0 radical (unpaired) electrons. The van der Waals surface area contributed by atoms with Gasteiger partial charge in [-0.05, 0) is 44.0 Å². The predicted molar refractivity (Wildman–Crippen MR) is 79.6 cm³/mol. The summed E-state index contributed by atoms with van der Waals surface area (Å²) in [4.78, 5) is 0. The van der Waals surface area contributed by atoms with Crippen LogP contribution in [0.15, 0.2) is 18.2 Å². The minimum absolute atomic E-state index is 0.344. The summed E-state index contributed by atoms with van der Waals surface area (Å²) in [7, 11) is 0. The van der Waals surface area contributed by atoms with Gasteiger partial charge in [0.25, 0.3) is 0 Å². The van der Waals surface area contributed by atoms with Crippen LogP contribution in [-0.4, -0.2) is 33.0 Å². The molecule has 1 aliphatic rings. The van der Waals surface area contributed by atoms with Crippen LogP contribution in [0.4, 0.5) is 0 Å². The zero-order chi connectivity index (χ0) is 14.2. The van der Waals surface area contributed by atoms with Gasteiger partial charge in [0, 0.05) is 19.3 Å². The van der Waals surface area contributed by atoms with E-state index in [0.29, 0.717) is 19.3 Å². The minimum atomic E-state index is 0.344. The van der Waals surface area contributed by atoms with Crippen molar-refractivity contribution < 1.29 is 14.2 Å². The van der Waals surface area contributed by atoms with Crippen molar-refractivity contribution in [3.8, 4) is 11.5 Å². The number of rotatable bonds is 8. The first-order chi connectivity index (χ1) is 9.85. The summed E-state index contributed by atoms with van der Waals surface area (Å²) in [6, 6.07) is 6.58. The molecule has 0 saturated heterocycles. The fraction of sp³-hybridized carbons (Fsp3) is 0.625. The average Bonchev–Trinajstić information content (AvgIpc) is 2.50. The van der Waals surface area contributed by atoms with Gasteiger partial charge in [0.2, 0.25) is 0 Å². The van der Waals surface area contributed by atoms with E-state index in [9.17, 15) is 0 Å². The highest BCUT2D eigenvalue weighted by Gasteiger charge is 2.16. The Labute approximate surface area is 121 Å². The molecule has 0 bridgehead atoms. The number of hydrogen-bond acceptors (Lipinski definition) is 4. The molecule has 20 heavy (non-hydrogen) atoms. The van der Waals surface area contributed by atoms with Crippen LogP contribution >= 0.6 is 0 Å². The van der Waals surface area contributed by atoms with Gasteiger partial charge in [0.1, 0.15) is 13.2 Å². The van der Waals surface area contributed by atoms with E-state index in [0.717, 1.165) is 44.1 Å². The van der Waals surface area contributed by atoms with Gasteiger partial charge < -0.3 is 19.5 Å². The maximum atomic E-state index is 5.66. The van der Waals surface area contributed by atoms with Crippen molar-refractivity contribution in [1.29, 1.82) is 0 Å². The Morgan fingerprint density at radius 1 is 1.20 bits per heavy atom. The number of benzene rings is 1. The van der Waals surface area contributed by atoms with Crippen LogP contribution in [0.2, 0.25) is 0 Å². The molecule has 0 aromatic heterocycles. The van der Waals surface area contributed by atoms with Gasteiger partial charge in [0.15, 0.2) is 11.5 Å². The molecular formula is C16H25NO3. The zero-order valence-electron chi connectivity index (χ0n) is 12.5. The predicted octanol–water partition coefficient (Wildman–Crippen LogP) is 2.93. The van der Waals surface area contributed by atoms with E-state index in [1.54, 1.807) is 0 Å². The third-order valence-corrected chi connectivity index (χ3v) is 3.40. The highest BCUT2D eigenvalue weighted by atomic mass is 16.6. The normalized spacial score (nSPS) is 15.1. The lowest BCUT2D eigenvalue weighted by atomic mass is 10.0. The van der Waals surface area contributed by atoms with E-state index >= 15 is 0 Å². The molecule has 2 rings (SSSR count). The topological polar surface area (TPSA) is 39.7 Å². The van der Waals surface area contributed by atoms with Crippen molar-refractivity contribution in [3.63, 3.8) is 0 Å². The first-order valence-electron chi connectivity index (χ1n) is 7.55. The highest BCUT2D eigenvalue weighted by Crippen LogP contribution is 2.33. The van der Waals surface area contributed by atoms with Gasteiger partial charge >= 0.3 is 0 Å². The Balaban J connectivity index is 2.00. The van der Waals surface area contributed by atoms with Gasteiger partial charge in [0.05, 0.1) is 0 Å². The molecule has 0 spiro atoms. The van der Waals surface area contributed by atoms with Crippen LogP contribution in [-0.2, 0) is 4.74 Å². The SMILES string of the molecule is CCNC(CCCOCC)c1ccc2c(c1)OCCO2. The molecule has 1 aromatic rings. The molecular weight excluding hydrogens is 254 g/mol. The second-order valence-corrected chi connectivity index (χ2v) is 4.85. The highest BCUT2D eigenvalue weighted by molar-refractivity contribution is 5.44. The van der Waals surface area contributed by atoms with Crippen LogP contribution < -0.4 is 14.8 Å². The number of hydrogen-bond donors (Lipinski definition) is 1. The first-order valence-corrected chi connectivity index (χ1v) is 7.55. The van der Waals surface area contributed by atoms with Crippen molar-refractivity contribution in [2.75, 3.05) is 33.0 Å². The third-order valence-electron chi connectivity index (χ3n) is 3.40. The lowest BCUT2D eigenvalue weighted by molar-refractivity contribution is 0.141. The second kappa shape index (κ2) is 8.12. The monoisotopic (exact) mass is 279 g/mol. The van der Waals surface area contributed by atoms with Crippen LogP contribution in [0.5, 0.6) is 11.5 Å². The van der Waals surface area contributed by atoms with Crippen molar-refractivity contribution in [3.05, 3.63) is 23.8 Å². The van der Waals surface area contributed by atoms with E-state index in [-0.39, 0.29) is 0 Å². The van der Waals surface area contributed by atoms with Gasteiger partial charge in [-0.15, -0.1) is 0 Å². The summed E-state index contributed by atoms with van der Waals surface area (Å²) in [5, 5.41) is 3.53. The summed E-state index contributed by atoms with van der Waals surface area (Å²) in [5.74, 6) is 1.71. The molecule has 1 N–H and O–H groups in total. The Morgan fingerprint density at radius 3 is 2.75 bits per heavy atom. The molecule has 0 amide bonds. The summed E-state index contributed by atoms with van der Waals surface area (Å²) < 4.78 is 16.6. The van der Waals surface area contributed by atoms with Crippen LogP contribution in [0.3, 0.4) is 0 Å². The fourth-order valence-electron chi connectivity index (χ4n) is 2.44. The van der Waals surface area contributed by atoms with Crippen LogP contribution in [0.25, 0.3) is 0 Å². The minimum Gasteiger partial charge on any atom is -0.486 e. The Bertz CT molecular complexity index is 409. The standard InChI is InChI=1S/C16H25NO3/c1-3-17-14(6-5-9-18-4-2)13-7-8-15-16(12-13)20-11-10-19-15/h7-8,12,14,17H,3-6,9-11H2,1-2H3. The number of ether oxygens (including phenoxy) is 3.